The average molecular weight is 264 g/mol. The third kappa shape index (κ3) is 1.99. The molecule has 2 atom stereocenters. The maximum atomic E-state index is 11.0. The molecule has 0 amide bonds. The summed E-state index contributed by atoms with van der Waals surface area (Å²) in [6.07, 6.45) is 3.61. The summed E-state index contributed by atoms with van der Waals surface area (Å²) in [6.45, 7) is 1.82. The van der Waals surface area contributed by atoms with Crippen molar-refractivity contribution in [3.63, 3.8) is 0 Å². The maximum absolute atomic E-state index is 11.0. The SMILES string of the molecule is CC(O)(c1cccc(C#N)c1)C1CCc2cccnc21. The lowest BCUT2D eigenvalue weighted by atomic mass is 9.81. The van der Waals surface area contributed by atoms with Crippen molar-refractivity contribution >= 4 is 0 Å². The largest absolute Gasteiger partial charge is 0.385 e. The van der Waals surface area contributed by atoms with E-state index in [1.807, 2.05) is 25.1 Å². The van der Waals surface area contributed by atoms with Gasteiger partial charge in [0.15, 0.2) is 0 Å². The second-order valence-electron chi connectivity index (χ2n) is 5.48. The Morgan fingerprint density at radius 2 is 2.20 bits per heavy atom. The molecule has 1 aromatic carbocycles. The molecular formula is C17H16N2O. The number of aliphatic hydroxyl groups is 1. The average Bonchev–Trinajstić information content (AvgIpc) is 2.92. The number of hydrogen-bond acceptors (Lipinski definition) is 3. The fourth-order valence-corrected chi connectivity index (χ4v) is 3.06. The van der Waals surface area contributed by atoms with Crippen LogP contribution in [0, 0.1) is 11.3 Å². The van der Waals surface area contributed by atoms with Gasteiger partial charge in [0, 0.05) is 17.8 Å². The number of aromatic nitrogens is 1. The van der Waals surface area contributed by atoms with Gasteiger partial charge in [0.25, 0.3) is 0 Å². The van der Waals surface area contributed by atoms with E-state index in [-0.39, 0.29) is 5.92 Å². The van der Waals surface area contributed by atoms with Crippen molar-refractivity contribution in [1.29, 1.82) is 5.26 Å². The molecule has 0 bridgehead atoms. The monoisotopic (exact) mass is 264 g/mol. The van der Waals surface area contributed by atoms with Crippen molar-refractivity contribution in [3.05, 3.63) is 65.0 Å². The predicted octanol–water partition coefficient (Wildman–Crippen LogP) is 2.89. The van der Waals surface area contributed by atoms with Crippen LogP contribution in [0.3, 0.4) is 0 Å². The number of hydrogen-bond donors (Lipinski definition) is 1. The van der Waals surface area contributed by atoms with Crippen LogP contribution in [0.25, 0.3) is 0 Å². The van der Waals surface area contributed by atoms with Crippen LogP contribution in [-0.4, -0.2) is 10.1 Å². The lowest BCUT2D eigenvalue weighted by Crippen LogP contribution is -2.29. The lowest BCUT2D eigenvalue weighted by Gasteiger charge is -2.31. The van der Waals surface area contributed by atoms with Gasteiger partial charge in [-0.15, -0.1) is 0 Å². The highest BCUT2D eigenvalue weighted by atomic mass is 16.3. The van der Waals surface area contributed by atoms with Gasteiger partial charge in [-0.25, -0.2) is 0 Å². The summed E-state index contributed by atoms with van der Waals surface area (Å²) in [5.41, 5.74) is 2.54. The topological polar surface area (TPSA) is 56.9 Å². The van der Waals surface area contributed by atoms with E-state index in [2.05, 4.69) is 17.1 Å². The molecule has 0 saturated carbocycles. The van der Waals surface area contributed by atoms with Gasteiger partial charge < -0.3 is 5.11 Å². The second-order valence-corrected chi connectivity index (χ2v) is 5.48. The number of aryl methyl sites for hydroxylation is 1. The van der Waals surface area contributed by atoms with E-state index in [4.69, 9.17) is 5.26 Å². The molecule has 1 aliphatic rings. The van der Waals surface area contributed by atoms with Gasteiger partial charge in [0.05, 0.1) is 17.2 Å². The number of nitrogens with zero attached hydrogens (tertiary/aromatic N) is 2. The minimum Gasteiger partial charge on any atom is -0.385 e. The second kappa shape index (κ2) is 4.73. The molecule has 3 nitrogen and oxygen atoms in total. The van der Waals surface area contributed by atoms with Gasteiger partial charge in [-0.2, -0.15) is 5.26 Å². The highest BCUT2D eigenvalue weighted by molar-refractivity contribution is 5.39. The van der Waals surface area contributed by atoms with Crippen LogP contribution in [0.5, 0.6) is 0 Å². The number of benzene rings is 1. The third-order valence-electron chi connectivity index (χ3n) is 4.21. The Morgan fingerprint density at radius 3 is 3.00 bits per heavy atom. The molecule has 2 aromatic rings. The van der Waals surface area contributed by atoms with Crippen molar-refractivity contribution in [3.8, 4) is 6.07 Å². The molecule has 1 aliphatic carbocycles. The van der Waals surface area contributed by atoms with Crippen molar-refractivity contribution < 1.29 is 5.11 Å². The summed E-state index contributed by atoms with van der Waals surface area (Å²) in [5, 5.41) is 20.0. The normalized spacial score (nSPS) is 19.9. The van der Waals surface area contributed by atoms with Crippen LogP contribution in [0.2, 0.25) is 0 Å². The number of fused-ring (bicyclic) bond motifs is 1. The summed E-state index contributed by atoms with van der Waals surface area (Å²) >= 11 is 0. The lowest BCUT2D eigenvalue weighted by molar-refractivity contribution is 0.0256. The summed E-state index contributed by atoms with van der Waals surface area (Å²) in [5.74, 6) is -0.0207. The number of pyridine rings is 1. The zero-order valence-electron chi connectivity index (χ0n) is 11.4. The van der Waals surface area contributed by atoms with E-state index in [1.165, 1.54) is 5.56 Å². The molecule has 2 unspecified atom stereocenters. The highest BCUT2D eigenvalue weighted by Gasteiger charge is 2.39. The van der Waals surface area contributed by atoms with Crippen molar-refractivity contribution in [2.24, 2.45) is 0 Å². The minimum atomic E-state index is -1.01. The Balaban J connectivity index is 2.03. The zero-order valence-corrected chi connectivity index (χ0v) is 11.4. The number of nitriles is 1. The van der Waals surface area contributed by atoms with Crippen LogP contribution in [0.4, 0.5) is 0 Å². The van der Waals surface area contributed by atoms with Crippen molar-refractivity contribution in [2.75, 3.05) is 0 Å². The summed E-state index contributed by atoms with van der Waals surface area (Å²) < 4.78 is 0. The van der Waals surface area contributed by atoms with E-state index in [0.29, 0.717) is 5.56 Å². The number of rotatable bonds is 2. The van der Waals surface area contributed by atoms with Gasteiger partial charge in [-0.05, 0) is 49.1 Å². The van der Waals surface area contributed by atoms with Crippen molar-refractivity contribution in [1.82, 2.24) is 4.98 Å². The van der Waals surface area contributed by atoms with Crippen LogP contribution < -0.4 is 0 Å². The molecule has 100 valence electrons. The first kappa shape index (κ1) is 12.8. The van der Waals surface area contributed by atoms with Crippen molar-refractivity contribution in [2.45, 2.75) is 31.3 Å². The third-order valence-corrected chi connectivity index (χ3v) is 4.21. The van der Waals surface area contributed by atoms with Gasteiger partial charge >= 0.3 is 0 Å². The van der Waals surface area contributed by atoms with Gasteiger partial charge in [-0.3, -0.25) is 4.98 Å². The molecule has 0 aliphatic heterocycles. The molecule has 0 radical (unpaired) electrons. The van der Waals surface area contributed by atoms with Gasteiger partial charge in [0.2, 0.25) is 0 Å². The Labute approximate surface area is 118 Å². The molecule has 20 heavy (non-hydrogen) atoms. The maximum Gasteiger partial charge on any atom is 0.0991 e. The Bertz CT molecular complexity index is 685. The smallest absolute Gasteiger partial charge is 0.0991 e. The molecule has 0 spiro atoms. The standard InChI is InChI=1S/C17H16N2O/c1-17(20,14-6-2-4-12(10-14)11-18)15-8-7-13-5-3-9-19-16(13)15/h2-6,9-10,15,20H,7-8H2,1H3. The van der Waals surface area contributed by atoms with Crippen LogP contribution >= 0.6 is 0 Å². The van der Waals surface area contributed by atoms with E-state index >= 15 is 0 Å². The fraction of sp³-hybridized carbons (Fsp3) is 0.294. The molecule has 0 saturated heterocycles. The van der Waals surface area contributed by atoms with E-state index in [1.54, 1.807) is 18.3 Å². The first-order valence-corrected chi connectivity index (χ1v) is 6.79. The quantitative estimate of drug-likeness (QED) is 0.907. The van der Waals surface area contributed by atoms with Gasteiger partial charge in [0.1, 0.15) is 0 Å². The highest BCUT2D eigenvalue weighted by Crippen LogP contribution is 2.44. The van der Waals surface area contributed by atoms with E-state index < -0.39 is 5.60 Å². The summed E-state index contributed by atoms with van der Waals surface area (Å²) in [7, 11) is 0. The fourth-order valence-electron chi connectivity index (χ4n) is 3.06. The van der Waals surface area contributed by atoms with Crippen LogP contribution in [0.1, 0.15) is 41.6 Å². The van der Waals surface area contributed by atoms with E-state index in [0.717, 1.165) is 24.1 Å². The first-order chi connectivity index (χ1) is 9.63. The Hall–Kier alpha value is -2.18. The molecule has 3 heteroatoms. The predicted molar refractivity (Wildman–Crippen MR) is 76.0 cm³/mol. The Kier molecular flexibility index (Phi) is 3.04. The molecule has 0 fully saturated rings. The molecular weight excluding hydrogens is 248 g/mol. The molecule has 3 rings (SSSR count). The van der Waals surface area contributed by atoms with Gasteiger partial charge in [-0.1, -0.05) is 18.2 Å². The summed E-state index contributed by atoms with van der Waals surface area (Å²) in [4.78, 5) is 4.45. The molecule has 1 N–H and O–H groups in total. The first-order valence-electron chi connectivity index (χ1n) is 6.79. The Morgan fingerprint density at radius 1 is 1.35 bits per heavy atom. The van der Waals surface area contributed by atoms with Crippen LogP contribution in [-0.2, 0) is 12.0 Å². The summed E-state index contributed by atoms with van der Waals surface area (Å²) in [6, 6.07) is 13.3. The van der Waals surface area contributed by atoms with Crippen LogP contribution in [0.15, 0.2) is 42.6 Å². The molecule has 1 heterocycles. The minimum absolute atomic E-state index is 0.0207. The van der Waals surface area contributed by atoms with E-state index in [9.17, 15) is 5.11 Å². The molecule has 1 aromatic heterocycles. The zero-order chi connectivity index (χ0) is 14.2.